The SMILES string of the molecule is CCC(O)N1CCOc2ccc(N3CCCc4cc(/C(C=N)=C/NC)ccc43)cc2C1. The molecule has 0 aromatic heterocycles. The number of hydrogen-bond donors (Lipinski definition) is 3. The molecule has 4 rings (SSSR count). The number of fused-ring (bicyclic) bond motifs is 2. The summed E-state index contributed by atoms with van der Waals surface area (Å²) in [5.41, 5.74) is 6.74. The Bertz CT molecular complexity index is 972. The Morgan fingerprint density at radius 3 is 2.87 bits per heavy atom. The monoisotopic (exact) mass is 420 g/mol. The van der Waals surface area contributed by atoms with Crippen molar-refractivity contribution in [3.63, 3.8) is 0 Å². The van der Waals surface area contributed by atoms with E-state index in [1.807, 2.05) is 20.2 Å². The summed E-state index contributed by atoms with van der Waals surface area (Å²) >= 11 is 0. The third-order valence-corrected chi connectivity index (χ3v) is 6.14. The summed E-state index contributed by atoms with van der Waals surface area (Å²) in [6, 6.07) is 12.9. The molecule has 0 fully saturated rings. The van der Waals surface area contributed by atoms with Crippen molar-refractivity contribution < 1.29 is 9.84 Å². The summed E-state index contributed by atoms with van der Waals surface area (Å²) in [5, 5.41) is 21.1. The largest absolute Gasteiger partial charge is 0.492 e. The van der Waals surface area contributed by atoms with Crippen molar-refractivity contribution >= 4 is 23.2 Å². The van der Waals surface area contributed by atoms with Crippen LogP contribution in [0.1, 0.15) is 36.5 Å². The van der Waals surface area contributed by atoms with Crippen LogP contribution < -0.4 is 15.0 Å². The van der Waals surface area contributed by atoms with Gasteiger partial charge in [0.05, 0.1) is 0 Å². The van der Waals surface area contributed by atoms with Crippen LogP contribution in [-0.2, 0) is 13.0 Å². The van der Waals surface area contributed by atoms with Crippen molar-refractivity contribution in [2.45, 2.75) is 39.0 Å². The zero-order valence-corrected chi connectivity index (χ0v) is 18.4. The minimum atomic E-state index is -0.443. The first kappa shape index (κ1) is 21.4. The highest BCUT2D eigenvalue weighted by atomic mass is 16.5. The number of anilines is 2. The van der Waals surface area contributed by atoms with Gasteiger partial charge in [0, 0.05) is 61.6 Å². The van der Waals surface area contributed by atoms with Crippen LogP contribution >= 0.6 is 0 Å². The lowest BCUT2D eigenvalue weighted by atomic mass is 9.96. The number of hydrogen-bond acceptors (Lipinski definition) is 6. The first-order chi connectivity index (χ1) is 15.1. The normalized spacial score (nSPS) is 17.8. The van der Waals surface area contributed by atoms with E-state index in [0.717, 1.165) is 54.1 Å². The van der Waals surface area contributed by atoms with E-state index >= 15 is 0 Å². The maximum Gasteiger partial charge on any atom is 0.124 e. The van der Waals surface area contributed by atoms with Gasteiger partial charge in [-0.05, 0) is 60.7 Å². The van der Waals surface area contributed by atoms with Crippen LogP contribution in [0.25, 0.3) is 5.57 Å². The quantitative estimate of drug-likeness (QED) is 0.618. The molecule has 0 bridgehead atoms. The minimum Gasteiger partial charge on any atom is -0.492 e. The second kappa shape index (κ2) is 9.54. The molecule has 0 saturated carbocycles. The number of ether oxygens (including phenoxy) is 1. The standard InChI is InChI=1S/C25H32N4O2/c1-3-25(30)28-11-12-31-24-9-7-22(14-20(24)17-28)29-10-4-5-19-13-18(6-8-23(19)29)21(15-26)16-27-2/h6-9,13-16,25-27,30H,3-5,10-12,17H2,1-2H3/b21-16+,26-15?. The number of aliphatic hydroxyl groups is 1. The van der Waals surface area contributed by atoms with Crippen LogP contribution in [-0.4, -0.2) is 49.2 Å². The van der Waals surface area contributed by atoms with Gasteiger partial charge in [-0.2, -0.15) is 0 Å². The van der Waals surface area contributed by atoms with Gasteiger partial charge in [0.25, 0.3) is 0 Å². The Morgan fingerprint density at radius 2 is 2.10 bits per heavy atom. The van der Waals surface area contributed by atoms with Crippen LogP contribution in [0.3, 0.4) is 0 Å². The lowest BCUT2D eigenvalue weighted by Gasteiger charge is -2.32. The van der Waals surface area contributed by atoms with E-state index in [9.17, 15) is 5.11 Å². The van der Waals surface area contributed by atoms with E-state index in [2.05, 4.69) is 51.5 Å². The molecule has 0 aliphatic carbocycles. The van der Waals surface area contributed by atoms with Crippen molar-refractivity contribution in [2.24, 2.45) is 0 Å². The van der Waals surface area contributed by atoms with Crippen LogP contribution in [0, 0.1) is 5.41 Å². The maximum absolute atomic E-state index is 10.3. The molecule has 164 valence electrons. The number of aryl methyl sites for hydroxylation is 1. The highest BCUT2D eigenvalue weighted by Crippen LogP contribution is 2.37. The number of aliphatic hydroxyl groups excluding tert-OH is 1. The van der Waals surface area contributed by atoms with Gasteiger partial charge in [-0.1, -0.05) is 13.0 Å². The summed E-state index contributed by atoms with van der Waals surface area (Å²) in [7, 11) is 1.85. The summed E-state index contributed by atoms with van der Waals surface area (Å²) in [6.07, 6.45) is 5.63. The molecule has 2 heterocycles. The topological polar surface area (TPSA) is 71.8 Å². The van der Waals surface area contributed by atoms with Crippen molar-refractivity contribution in [1.29, 1.82) is 5.41 Å². The zero-order valence-electron chi connectivity index (χ0n) is 18.4. The Labute approximate surface area is 184 Å². The van der Waals surface area contributed by atoms with Gasteiger partial charge in [-0.3, -0.25) is 4.90 Å². The van der Waals surface area contributed by atoms with Gasteiger partial charge < -0.3 is 25.5 Å². The molecule has 2 aromatic rings. The predicted octanol–water partition coefficient (Wildman–Crippen LogP) is 3.90. The van der Waals surface area contributed by atoms with Gasteiger partial charge in [0.15, 0.2) is 0 Å². The lowest BCUT2D eigenvalue weighted by Crippen LogP contribution is -2.35. The lowest BCUT2D eigenvalue weighted by molar-refractivity contribution is -0.00671. The molecule has 2 aliphatic heterocycles. The van der Waals surface area contributed by atoms with E-state index in [-0.39, 0.29) is 0 Å². The molecule has 3 N–H and O–H groups in total. The fraction of sp³-hybridized carbons (Fsp3) is 0.400. The number of nitrogens with one attached hydrogen (secondary N) is 2. The first-order valence-corrected chi connectivity index (χ1v) is 11.1. The average molecular weight is 421 g/mol. The van der Waals surface area contributed by atoms with Crippen LogP contribution in [0.15, 0.2) is 42.6 Å². The second-order valence-corrected chi connectivity index (χ2v) is 8.13. The van der Waals surface area contributed by atoms with Crippen LogP contribution in [0.5, 0.6) is 5.75 Å². The summed E-state index contributed by atoms with van der Waals surface area (Å²) < 4.78 is 5.96. The smallest absolute Gasteiger partial charge is 0.124 e. The molecule has 6 nitrogen and oxygen atoms in total. The zero-order chi connectivity index (χ0) is 21.8. The molecule has 0 spiro atoms. The molecule has 31 heavy (non-hydrogen) atoms. The van der Waals surface area contributed by atoms with E-state index in [1.54, 1.807) is 0 Å². The number of benzene rings is 2. The molecule has 0 saturated heterocycles. The highest BCUT2D eigenvalue weighted by molar-refractivity contribution is 6.08. The number of allylic oxidation sites excluding steroid dienone is 1. The third-order valence-electron chi connectivity index (χ3n) is 6.14. The van der Waals surface area contributed by atoms with Crippen molar-refractivity contribution in [1.82, 2.24) is 10.2 Å². The maximum atomic E-state index is 10.3. The molecule has 0 radical (unpaired) electrons. The van der Waals surface area contributed by atoms with Gasteiger partial charge >= 0.3 is 0 Å². The fourth-order valence-electron chi connectivity index (χ4n) is 4.49. The summed E-state index contributed by atoms with van der Waals surface area (Å²) in [5.74, 6) is 0.912. The van der Waals surface area contributed by atoms with Gasteiger partial charge in [0.1, 0.15) is 18.6 Å². The van der Waals surface area contributed by atoms with E-state index < -0.39 is 6.23 Å². The molecular weight excluding hydrogens is 388 g/mol. The summed E-state index contributed by atoms with van der Waals surface area (Å²) in [4.78, 5) is 4.46. The van der Waals surface area contributed by atoms with E-state index in [4.69, 9.17) is 10.1 Å². The van der Waals surface area contributed by atoms with Crippen molar-refractivity contribution in [3.05, 3.63) is 59.3 Å². The molecular formula is C25H32N4O2. The molecule has 6 heteroatoms. The Kier molecular flexibility index (Phi) is 6.59. The molecule has 2 aromatic carbocycles. The average Bonchev–Trinajstić information content (AvgIpc) is 3.03. The van der Waals surface area contributed by atoms with Crippen LogP contribution in [0.4, 0.5) is 11.4 Å². The Morgan fingerprint density at radius 1 is 1.23 bits per heavy atom. The molecule has 1 unspecified atom stereocenters. The third kappa shape index (κ3) is 4.45. The number of rotatable bonds is 6. The highest BCUT2D eigenvalue weighted by Gasteiger charge is 2.23. The second-order valence-electron chi connectivity index (χ2n) is 8.13. The van der Waals surface area contributed by atoms with E-state index in [0.29, 0.717) is 19.6 Å². The summed E-state index contributed by atoms with van der Waals surface area (Å²) in [6.45, 7) is 4.98. The van der Waals surface area contributed by atoms with E-state index in [1.165, 1.54) is 17.5 Å². The molecule has 1 atom stereocenters. The molecule has 2 aliphatic rings. The van der Waals surface area contributed by atoms with Gasteiger partial charge in [-0.25, -0.2) is 0 Å². The van der Waals surface area contributed by atoms with Crippen molar-refractivity contribution in [3.8, 4) is 5.75 Å². The Hall–Kier alpha value is -2.83. The predicted molar refractivity (Wildman–Crippen MR) is 126 cm³/mol. The van der Waals surface area contributed by atoms with Crippen LogP contribution in [0.2, 0.25) is 0 Å². The van der Waals surface area contributed by atoms with Gasteiger partial charge in [0.2, 0.25) is 0 Å². The number of nitrogens with zero attached hydrogens (tertiary/aromatic N) is 2. The minimum absolute atomic E-state index is 0.443. The Balaban J connectivity index is 1.65. The first-order valence-electron chi connectivity index (χ1n) is 11.1. The fourth-order valence-corrected chi connectivity index (χ4v) is 4.49. The van der Waals surface area contributed by atoms with Crippen molar-refractivity contribution in [2.75, 3.05) is 31.6 Å². The van der Waals surface area contributed by atoms with Gasteiger partial charge in [-0.15, -0.1) is 0 Å². The molecule has 0 amide bonds.